The Morgan fingerprint density at radius 1 is 0.692 bits per heavy atom. The molecule has 0 aromatic rings. The predicted octanol–water partition coefficient (Wildman–Crippen LogP) is 4.29. The van der Waals surface area contributed by atoms with E-state index in [-0.39, 0.29) is 0 Å². The van der Waals surface area contributed by atoms with Crippen LogP contribution in [0.25, 0.3) is 0 Å². The number of rotatable bonds is 19. The van der Waals surface area contributed by atoms with Gasteiger partial charge in [-0.25, -0.2) is 0 Å². The summed E-state index contributed by atoms with van der Waals surface area (Å²) in [5.41, 5.74) is -0.722. The van der Waals surface area contributed by atoms with Crippen molar-refractivity contribution in [2.24, 2.45) is 0 Å². The molecule has 0 aromatic heterocycles. The molecule has 1 unspecified atom stereocenters. The minimum atomic E-state index is -0.883. The third-order valence-corrected chi connectivity index (χ3v) is 6.11. The molecule has 1 atom stereocenters. The second-order valence-corrected chi connectivity index (χ2v) is 8.28. The highest BCUT2D eigenvalue weighted by molar-refractivity contribution is 5.74. The molecule has 1 N–H and O–H groups in total. The largest absolute Gasteiger partial charge is 0.544 e. The first-order valence-electron chi connectivity index (χ1n) is 11.6. The number of quaternary nitrogens is 1. The van der Waals surface area contributed by atoms with Gasteiger partial charge in [-0.2, -0.15) is 0 Å². The Kier molecular flexibility index (Phi) is 16.2. The summed E-state index contributed by atoms with van der Waals surface area (Å²) >= 11 is 0. The fourth-order valence-corrected chi connectivity index (χ4v) is 4.13. The number of nitrogens with one attached hydrogen (secondary N) is 1. The van der Waals surface area contributed by atoms with E-state index in [0.29, 0.717) is 0 Å². The van der Waals surface area contributed by atoms with Gasteiger partial charge in [-0.1, -0.05) is 90.4 Å². The average Bonchev–Trinajstić information content (AvgIpc) is 2.62. The molecule has 0 aliphatic heterocycles. The molecule has 0 saturated heterocycles. The zero-order chi connectivity index (χ0) is 19.7. The van der Waals surface area contributed by atoms with Crippen LogP contribution in [0.4, 0.5) is 0 Å². The first kappa shape index (κ1) is 25.4. The van der Waals surface area contributed by atoms with Gasteiger partial charge >= 0.3 is 0 Å². The Morgan fingerprint density at radius 2 is 1.04 bits per heavy atom. The fraction of sp³-hybridized carbons (Fsp3) is 0.957. The number of hydrogen-bond acceptors (Lipinski definition) is 2. The summed E-state index contributed by atoms with van der Waals surface area (Å²) in [6.07, 6.45) is 19.4. The van der Waals surface area contributed by atoms with E-state index < -0.39 is 11.5 Å². The van der Waals surface area contributed by atoms with Gasteiger partial charge in [0.2, 0.25) is 0 Å². The van der Waals surface area contributed by atoms with Crippen molar-refractivity contribution in [2.75, 3.05) is 13.1 Å². The molecule has 3 heteroatoms. The summed E-state index contributed by atoms with van der Waals surface area (Å²) in [6.45, 7) is 9.95. The van der Waals surface area contributed by atoms with Crippen LogP contribution in [0.5, 0.6) is 0 Å². The number of aliphatic carboxylic acids is 1. The lowest BCUT2D eigenvalue weighted by molar-refractivity contribution is -0.940. The maximum absolute atomic E-state index is 11.6. The summed E-state index contributed by atoms with van der Waals surface area (Å²) in [7, 11) is 0. The first-order chi connectivity index (χ1) is 12.5. The molecule has 0 aliphatic carbocycles. The van der Waals surface area contributed by atoms with E-state index in [2.05, 4.69) is 20.8 Å². The number of carboxylic acid groups (broad SMARTS) is 1. The van der Waals surface area contributed by atoms with Gasteiger partial charge in [0, 0.05) is 6.42 Å². The van der Waals surface area contributed by atoms with Crippen molar-refractivity contribution in [3.63, 3.8) is 0 Å². The highest BCUT2D eigenvalue weighted by Crippen LogP contribution is 2.15. The van der Waals surface area contributed by atoms with Crippen LogP contribution in [-0.4, -0.2) is 24.6 Å². The number of carbonyl (C=O) groups is 1. The van der Waals surface area contributed by atoms with Crippen molar-refractivity contribution in [3.05, 3.63) is 0 Å². The third-order valence-electron chi connectivity index (χ3n) is 6.11. The zero-order valence-corrected chi connectivity index (χ0v) is 18.3. The summed E-state index contributed by atoms with van der Waals surface area (Å²) in [5.74, 6) is -0.883. The van der Waals surface area contributed by atoms with Crippen molar-refractivity contribution in [3.8, 4) is 0 Å². The van der Waals surface area contributed by atoms with Crippen molar-refractivity contribution in [1.29, 1.82) is 0 Å². The molecule has 0 bridgehead atoms. The number of hydrogen-bond donors (Lipinski definition) is 1. The van der Waals surface area contributed by atoms with E-state index in [1.54, 1.807) is 0 Å². The summed E-state index contributed by atoms with van der Waals surface area (Å²) < 4.78 is 0. The third kappa shape index (κ3) is 11.2. The Morgan fingerprint density at radius 3 is 1.35 bits per heavy atom. The van der Waals surface area contributed by atoms with Crippen LogP contribution >= 0.6 is 0 Å². The molecule has 0 fully saturated rings. The standard InChI is InChI=1S/C23H47NO2/c1-5-8-9-10-11-12-13-14-15-16-17-18-19-20-21-23(4,22(25)26)24(6-2)7-3/h5-21H2,1-4H3,(H,25,26). The predicted molar refractivity (Wildman–Crippen MR) is 110 cm³/mol. The lowest BCUT2D eigenvalue weighted by atomic mass is 9.91. The molecule has 0 aliphatic rings. The first-order valence-corrected chi connectivity index (χ1v) is 11.6. The van der Waals surface area contributed by atoms with Crippen LogP contribution in [-0.2, 0) is 4.79 Å². The van der Waals surface area contributed by atoms with Crippen LogP contribution in [0.2, 0.25) is 0 Å². The van der Waals surface area contributed by atoms with Crippen molar-refractivity contribution < 1.29 is 14.8 Å². The minimum Gasteiger partial charge on any atom is -0.544 e. The molecule has 3 nitrogen and oxygen atoms in total. The molecule has 0 aromatic carbocycles. The lowest BCUT2D eigenvalue weighted by Gasteiger charge is -2.38. The van der Waals surface area contributed by atoms with Crippen LogP contribution < -0.4 is 10.0 Å². The number of carbonyl (C=O) groups excluding carboxylic acids is 1. The van der Waals surface area contributed by atoms with Crippen molar-refractivity contribution >= 4 is 5.97 Å². The van der Waals surface area contributed by atoms with Crippen LogP contribution in [0, 0.1) is 0 Å². The monoisotopic (exact) mass is 369 g/mol. The number of carboxylic acids is 1. The highest BCUT2D eigenvalue weighted by Gasteiger charge is 2.35. The molecule has 0 heterocycles. The van der Waals surface area contributed by atoms with E-state index in [1.807, 2.05) is 6.92 Å². The van der Waals surface area contributed by atoms with E-state index in [9.17, 15) is 9.90 Å². The fourth-order valence-electron chi connectivity index (χ4n) is 4.13. The van der Waals surface area contributed by atoms with Gasteiger partial charge < -0.3 is 14.8 Å². The second kappa shape index (κ2) is 16.6. The van der Waals surface area contributed by atoms with Gasteiger partial charge in [0.05, 0.1) is 13.1 Å². The number of unbranched alkanes of at least 4 members (excludes halogenated alkanes) is 13. The Labute approximate surface area is 163 Å². The van der Waals surface area contributed by atoms with Crippen LogP contribution in [0.1, 0.15) is 124 Å². The Balaban J connectivity index is 3.58. The maximum Gasteiger partial charge on any atom is 0.135 e. The molecular weight excluding hydrogens is 322 g/mol. The van der Waals surface area contributed by atoms with E-state index in [0.717, 1.165) is 37.3 Å². The molecule has 0 rings (SSSR count). The molecule has 26 heavy (non-hydrogen) atoms. The maximum atomic E-state index is 11.6. The lowest BCUT2D eigenvalue weighted by Crippen LogP contribution is -3.21. The quantitative estimate of drug-likeness (QED) is 0.345. The molecule has 0 saturated carbocycles. The molecule has 0 amide bonds. The zero-order valence-electron chi connectivity index (χ0n) is 18.3. The van der Waals surface area contributed by atoms with Gasteiger partial charge in [0.25, 0.3) is 0 Å². The topological polar surface area (TPSA) is 44.6 Å². The van der Waals surface area contributed by atoms with Gasteiger partial charge in [0.15, 0.2) is 0 Å². The normalized spacial score (nSPS) is 13.9. The highest BCUT2D eigenvalue weighted by atomic mass is 16.4. The molecule has 0 radical (unpaired) electrons. The van der Waals surface area contributed by atoms with Gasteiger partial charge in [0.1, 0.15) is 11.5 Å². The van der Waals surface area contributed by atoms with Gasteiger partial charge in [-0.15, -0.1) is 0 Å². The Hall–Kier alpha value is -0.570. The second-order valence-electron chi connectivity index (χ2n) is 8.28. The smallest absolute Gasteiger partial charge is 0.135 e. The molecule has 0 spiro atoms. The molecular formula is C23H47NO2. The van der Waals surface area contributed by atoms with Crippen LogP contribution in [0.15, 0.2) is 0 Å². The summed E-state index contributed by atoms with van der Waals surface area (Å²) in [4.78, 5) is 12.7. The average molecular weight is 370 g/mol. The van der Waals surface area contributed by atoms with E-state index in [1.165, 1.54) is 77.0 Å². The number of likely N-dealkylation sites (N-methyl/N-ethyl adjacent to an activating group) is 1. The summed E-state index contributed by atoms with van der Waals surface area (Å²) in [5, 5.41) is 11.6. The van der Waals surface area contributed by atoms with Crippen molar-refractivity contribution in [2.45, 2.75) is 130 Å². The van der Waals surface area contributed by atoms with Crippen LogP contribution in [0.3, 0.4) is 0 Å². The van der Waals surface area contributed by atoms with E-state index in [4.69, 9.17) is 0 Å². The van der Waals surface area contributed by atoms with E-state index >= 15 is 0 Å². The molecule has 156 valence electrons. The van der Waals surface area contributed by atoms with Crippen molar-refractivity contribution in [1.82, 2.24) is 0 Å². The SMILES string of the molecule is CCCCCCCCCCCCCCCCC(C)(C(=O)[O-])[NH+](CC)CC. The summed E-state index contributed by atoms with van der Waals surface area (Å²) in [6, 6.07) is 0. The minimum absolute atomic E-state index is 0.722. The Bertz CT molecular complexity index is 328. The van der Waals surface area contributed by atoms with Gasteiger partial charge in [-0.05, 0) is 27.2 Å². The van der Waals surface area contributed by atoms with Gasteiger partial charge in [-0.3, -0.25) is 0 Å².